The molecule has 0 radical (unpaired) electrons. The maximum Gasteiger partial charge on any atom is 0.275 e. The predicted molar refractivity (Wildman–Crippen MR) is 118 cm³/mol. The first-order valence-electron chi connectivity index (χ1n) is 10.7. The Morgan fingerprint density at radius 2 is 2.06 bits per heavy atom. The van der Waals surface area contributed by atoms with E-state index in [4.69, 9.17) is 21.1 Å². The van der Waals surface area contributed by atoms with Crippen molar-refractivity contribution >= 4 is 17.5 Å². The van der Waals surface area contributed by atoms with Crippen LogP contribution in [0, 0.1) is 12.7 Å². The number of piperazine rings is 1. The molecule has 0 saturated carbocycles. The summed E-state index contributed by atoms with van der Waals surface area (Å²) in [6, 6.07) is 10.0. The summed E-state index contributed by atoms with van der Waals surface area (Å²) in [6.45, 7) is 4.87. The maximum absolute atomic E-state index is 13.6. The number of nitrogens with zero attached hydrogens (tertiary/aromatic N) is 2. The summed E-state index contributed by atoms with van der Waals surface area (Å²) in [5.74, 6) is 0.595. The van der Waals surface area contributed by atoms with E-state index >= 15 is 0 Å². The number of carbonyl (C=O) groups excluding carboxylic acids is 1. The molecule has 32 heavy (non-hydrogen) atoms. The summed E-state index contributed by atoms with van der Waals surface area (Å²) in [7, 11) is 0. The Kier molecular flexibility index (Phi) is 7.15. The number of ether oxygens (including phenoxy) is 2. The van der Waals surface area contributed by atoms with E-state index in [1.54, 1.807) is 31.2 Å². The molecule has 0 aliphatic carbocycles. The Labute approximate surface area is 191 Å². The molecule has 0 spiro atoms. The van der Waals surface area contributed by atoms with Gasteiger partial charge in [0.15, 0.2) is 6.10 Å². The SMILES string of the molecule is Cc1ccc(OCC(O)CN2CCN(NC(=O)C3Cc4cc(Cl)ccc4O3)CC2)cc1F. The van der Waals surface area contributed by atoms with Crippen molar-refractivity contribution in [1.82, 2.24) is 15.3 Å². The topological polar surface area (TPSA) is 74.3 Å². The highest BCUT2D eigenvalue weighted by Gasteiger charge is 2.31. The molecular weight excluding hydrogens is 437 g/mol. The van der Waals surface area contributed by atoms with Crippen molar-refractivity contribution in [2.75, 3.05) is 39.3 Å². The zero-order valence-corrected chi connectivity index (χ0v) is 18.6. The van der Waals surface area contributed by atoms with E-state index in [1.165, 1.54) is 6.07 Å². The number of benzene rings is 2. The van der Waals surface area contributed by atoms with Gasteiger partial charge in [0.2, 0.25) is 0 Å². The highest BCUT2D eigenvalue weighted by atomic mass is 35.5. The lowest BCUT2D eigenvalue weighted by Gasteiger charge is -2.35. The number of aliphatic hydroxyl groups is 1. The van der Waals surface area contributed by atoms with Gasteiger partial charge < -0.3 is 14.6 Å². The van der Waals surface area contributed by atoms with Crippen LogP contribution >= 0.6 is 11.6 Å². The lowest BCUT2D eigenvalue weighted by atomic mass is 10.1. The maximum atomic E-state index is 13.6. The lowest BCUT2D eigenvalue weighted by Crippen LogP contribution is -2.56. The number of hydrogen-bond acceptors (Lipinski definition) is 6. The van der Waals surface area contributed by atoms with Crippen LogP contribution in [0.2, 0.25) is 5.02 Å². The quantitative estimate of drug-likeness (QED) is 0.655. The van der Waals surface area contributed by atoms with Gasteiger partial charge in [-0.25, -0.2) is 9.40 Å². The summed E-state index contributed by atoms with van der Waals surface area (Å²) in [5.41, 5.74) is 4.42. The number of hydrazine groups is 1. The normalized spacial score (nSPS) is 19.8. The van der Waals surface area contributed by atoms with Gasteiger partial charge in [-0.05, 0) is 42.3 Å². The molecule has 2 heterocycles. The zero-order valence-electron chi connectivity index (χ0n) is 17.9. The Bertz CT molecular complexity index is 968. The second kappa shape index (κ2) is 10.0. The first kappa shape index (κ1) is 22.8. The van der Waals surface area contributed by atoms with Crippen molar-refractivity contribution in [3.63, 3.8) is 0 Å². The molecule has 2 atom stereocenters. The van der Waals surface area contributed by atoms with Crippen molar-refractivity contribution in [2.24, 2.45) is 0 Å². The van der Waals surface area contributed by atoms with Gasteiger partial charge in [-0.1, -0.05) is 17.7 Å². The third kappa shape index (κ3) is 5.69. The third-order valence-corrected chi connectivity index (χ3v) is 5.92. The van der Waals surface area contributed by atoms with E-state index in [1.807, 2.05) is 11.1 Å². The fourth-order valence-electron chi connectivity index (χ4n) is 3.84. The minimum absolute atomic E-state index is 0.0864. The smallest absolute Gasteiger partial charge is 0.275 e. The molecule has 1 fully saturated rings. The average Bonchev–Trinajstić information content (AvgIpc) is 3.19. The number of fused-ring (bicyclic) bond motifs is 1. The van der Waals surface area contributed by atoms with E-state index in [2.05, 4.69) is 10.3 Å². The van der Waals surface area contributed by atoms with Gasteiger partial charge in [0, 0.05) is 50.2 Å². The van der Waals surface area contributed by atoms with Gasteiger partial charge in [-0.2, -0.15) is 0 Å². The first-order chi connectivity index (χ1) is 15.4. The number of amides is 1. The van der Waals surface area contributed by atoms with Crippen molar-refractivity contribution in [3.05, 3.63) is 58.4 Å². The third-order valence-electron chi connectivity index (χ3n) is 5.68. The molecule has 2 aliphatic heterocycles. The van der Waals surface area contributed by atoms with Crippen LogP contribution in [-0.2, 0) is 11.2 Å². The molecule has 1 saturated heterocycles. The number of carbonyl (C=O) groups is 1. The van der Waals surface area contributed by atoms with Crippen LogP contribution in [0.4, 0.5) is 4.39 Å². The van der Waals surface area contributed by atoms with Crippen molar-refractivity contribution in [1.29, 1.82) is 0 Å². The van der Waals surface area contributed by atoms with Crippen molar-refractivity contribution < 1.29 is 23.8 Å². The summed E-state index contributed by atoms with van der Waals surface area (Å²) in [5, 5.41) is 12.8. The van der Waals surface area contributed by atoms with Crippen LogP contribution in [0.25, 0.3) is 0 Å². The van der Waals surface area contributed by atoms with E-state index in [-0.39, 0.29) is 18.3 Å². The number of hydrogen-bond donors (Lipinski definition) is 2. The van der Waals surface area contributed by atoms with Crippen molar-refractivity contribution in [3.8, 4) is 11.5 Å². The van der Waals surface area contributed by atoms with E-state index in [0.29, 0.717) is 61.2 Å². The number of aryl methyl sites for hydroxylation is 1. The number of β-amino-alcohol motifs (C(OH)–C–C–N with tert-alkyl or cyclic N) is 1. The fraction of sp³-hybridized carbons (Fsp3) is 0.435. The van der Waals surface area contributed by atoms with Gasteiger partial charge in [0.05, 0.1) is 0 Å². The monoisotopic (exact) mass is 463 g/mol. The van der Waals surface area contributed by atoms with Crippen LogP contribution in [0.15, 0.2) is 36.4 Å². The molecule has 2 N–H and O–H groups in total. The second-order valence-electron chi connectivity index (χ2n) is 8.20. The molecule has 172 valence electrons. The van der Waals surface area contributed by atoms with Gasteiger partial charge in [0.1, 0.15) is 30.0 Å². The predicted octanol–water partition coefficient (Wildman–Crippen LogP) is 2.18. The molecule has 1 amide bonds. The van der Waals surface area contributed by atoms with Crippen LogP contribution in [0.1, 0.15) is 11.1 Å². The summed E-state index contributed by atoms with van der Waals surface area (Å²) < 4.78 is 24.8. The summed E-state index contributed by atoms with van der Waals surface area (Å²) in [6.07, 6.45) is -0.761. The van der Waals surface area contributed by atoms with Crippen molar-refractivity contribution in [2.45, 2.75) is 25.6 Å². The molecule has 2 aromatic carbocycles. The Hall–Kier alpha value is -2.39. The second-order valence-corrected chi connectivity index (χ2v) is 8.64. The Morgan fingerprint density at radius 1 is 1.28 bits per heavy atom. The Balaban J connectivity index is 1.16. The number of rotatable bonds is 7. The van der Waals surface area contributed by atoms with E-state index in [0.717, 1.165) is 5.56 Å². The zero-order chi connectivity index (χ0) is 22.7. The highest BCUT2D eigenvalue weighted by Crippen LogP contribution is 2.31. The first-order valence-corrected chi connectivity index (χ1v) is 11.0. The average molecular weight is 464 g/mol. The molecule has 0 bridgehead atoms. The Morgan fingerprint density at radius 3 is 2.81 bits per heavy atom. The van der Waals surface area contributed by atoms with Gasteiger partial charge in [-0.15, -0.1) is 0 Å². The van der Waals surface area contributed by atoms with E-state index < -0.39 is 12.2 Å². The summed E-state index contributed by atoms with van der Waals surface area (Å²) >= 11 is 6.01. The van der Waals surface area contributed by atoms with Crippen LogP contribution < -0.4 is 14.9 Å². The minimum atomic E-state index is -0.697. The molecule has 0 aromatic heterocycles. The molecule has 7 nitrogen and oxygen atoms in total. The van der Waals surface area contributed by atoms with E-state index in [9.17, 15) is 14.3 Å². The van der Waals surface area contributed by atoms with Crippen LogP contribution in [-0.4, -0.2) is 72.5 Å². The molecule has 2 aliphatic rings. The summed E-state index contributed by atoms with van der Waals surface area (Å²) in [4.78, 5) is 14.7. The molecule has 9 heteroatoms. The van der Waals surface area contributed by atoms with Crippen LogP contribution in [0.5, 0.6) is 11.5 Å². The largest absolute Gasteiger partial charge is 0.491 e. The number of halogens is 2. The highest BCUT2D eigenvalue weighted by molar-refractivity contribution is 6.30. The lowest BCUT2D eigenvalue weighted by molar-refractivity contribution is -0.133. The standard InChI is InChI=1S/C23H27ClFN3O4/c1-15-2-4-19(12-20(15)25)31-14-18(29)13-27-6-8-28(9-7-27)26-23(30)22-11-16-10-17(24)3-5-21(16)32-22/h2-5,10,12,18,22,29H,6-9,11,13-14H2,1H3,(H,26,30). The molecule has 2 unspecified atom stereocenters. The number of nitrogens with one attached hydrogen (secondary N) is 1. The molecule has 4 rings (SSSR count). The van der Waals surface area contributed by atoms with Gasteiger partial charge in [0.25, 0.3) is 5.91 Å². The minimum Gasteiger partial charge on any atom is -0.491 e. The molecule has 2 aromatic rings. The van der Waals surface area contributed by atoms with Crippen LogP contribution in [0.3, 0.4) is 0 Å². The number of aliphatic hydroxyl groups excluding tert-OH is 1. The van der Waals surface area contributed by atoms with Gasteiger partial charge >= 0.3 is 0 Å². The fourth-order valence-corrected chi connectivity index (χ4v) is 4.03. The van der Waals surface area contributed by atoms with Gasteiger partial charge in [-0.3, -0.25) is 15.1 Å². The molecular formula is C23H27ClFN3O4.